The molecule has 2 heterocycles. The zero-order valence-electron chi connectivity index (χ0n) is 39.6. The number of ether oxygens (including phenoxy) is 5. The number of para-hydroxylation sites is 2. The van der Waals surface area contributed by atoms with Gasteiger partial charge in [-0.15, -0.1) is 0 Å². The van der Waals surface area contributed by atoms with E-state index in [1.54, 1.807) is 68.8 Å². The molecule has 0 aliphatic heterocycles. The highest BCUT2D eigenvalue weighted by Gasteiger charge is 2.18. The smallest absolute Gasteiger partial charge is 0.323 e. The molecule has 0 radical (unpaired) electrons. The fourth-order valence-corrected chi connectivity index (χ4v) is 8.21. The monoisotopic (exact) mass is 1100 g/mol. The molecule has 4 aromatic carbocycles. The Morgan fingerprint density at radius 1 is 0.493 bits per heavy atom. The average molecular weight is 1100 g/mol. The van der Waals surface area contributed by atoms with Crippen LogP contribution in [0.5, 0.6) is 29.0 Å². The quantitative estimate of drug-likeness (QED) is 0.0403. The lowest BCUT2D eigenvalue weighted by Crippen LogP contribution is -2.21. The van der Waals surface area contributed by atoms with Gasteiger partial charge in [0.05, 0.1) is 30.9 Å². The minimum absolute atomic E-state index is 0. The molecule has 2 saturated carbocycles. The molecule has 0 saturated heterocycles. The predicted molar refractivity (Wildman–Crippen MR) is 301 cm³/mol. The number of hydrogen-bond acceptors (Lipinski definition) is 16. The Kier molecular flexibility index (Phi) is 30.4. The van der Waals surface area contributed by atoms with E-state index in [4.69, 9.17) is 63.6 Å². The maximum absolute atomic E-state index is 13.7. The summed E-state index contributed by atoms with van der Waals surface area (Å²) in [5.41, 5.74) is 1.43. The fourth-order valence-electron chi connectivity index (χ4n) is 7.53. The van der Waals surface area contributed by atoms with Gasteiger partial charge >= 0.3 is 6.01 Å². The average Bonchev–Trinajstić information content (AvgIpc) is 3.79. The highest BCUT2D eigenvalue weighted by Crippen LogP contribution is 2.31. The number of methoxy groups -OCH3 is 2. The first kappa shape index (κ1) is 64.9. The molecule has 0 spiro atoms. The number of aliphatic hydroxyl groups excluding tert-OH is 1. The molecule has 6 aromatic rings. The summed E-state index contributed by atoms with van der Waals surface area (Å²) in [6, 6.07) is 23.8. The van der Waals surface area contributed by atoms with Crippen molar-refractivity contribution in [2.75, 3.05) is 61.9 Å². The van der Waals surface area contributed by atoms with E-state index in [2.05, 4.69) is 51.2 Å². The summed E-state index contributed by atoms with van der Waals surface area (Å²) in [5.74, 6) is 2.31. The van der Waals surface area contributed by atoms with E-state index in [1.165, 1.54) is 69.6 Å². The summed E-state index contributed by atoms with van der Waals surface area (Å²) in [6.07, 6.45) is 14.3. The molecule has 16 nitrogen and oxygen atoms in total. The molecule has 2 aromatic heterocycles. The van der Waals surface area contributed by atoms with Crippen LogP contribution >= 0.6 is 34.8 Å². The van der Waals surface area contributed by atoms with Crippen molar-refractivity contribution in [3.63, 3.8) is 0 Å². The summed E-state index contributed by atoms with van der Waals surface area (Å²) in [6.45, 7) is 0.291. The van der Waals surface area contributed by atoms with Crippen molar-refractivity contribution in [2.45, 2.75) is 119 Å². The maximum atomic E-state index is 13.7. The van der Waals surface area contributed by atoms with Crippen LogP contribution in [0.1, 0.15) is 107 Å². The molecule has 2 aliphatic rings. The van der Waals surface area contributed by atoms with E-state index in [1.807, 2.05) is 12.1 Å². The Bertz CT molecular complexity index is 2560. The topological polar surface area (TPSA) is 192 Å². The molecule has 5 N–H and O–H groups in total. The van der Waals surface area contributed by atoms with Crippen molar-refractivity contribution in [3.05, 3.63) is 112 Å². The summed E-state index contributed by atoms with van der Waals surface area (Å²) >= 11 is 18.5. The predicted octanol–water partition coefficient (Wildman–Crippen LogP) is 14.8. The number of nitrogens with zero attached hydrogens (tertiary/aromatic N) is 6. The summed E-state index contributed by atoms with van der Waals surface area (Å²) in [5, 5.41) is 22.5. The van der Waals surface area contributed by atoms with Crippen LogP contribution in [0.2, 0.25) is 15.3 Å². The van der Waals surface area contributed by atoms with Gasteiger partial charge in [-0.25, -0.2) is 8.78 Å². The second-order valence-corrected chi connectivity index (χ2v) is 17.4. The molecular weight excluding hydrogens is 1030 g/mol. The third kappa shape index (κ3) is 22.3. The van der Waals surface area contributed by atoms with Crippen LogP contribution in [0.4, 0.5) is 43.9 Å². The normalized spacial score (nSPS) is 13.2. The van der Waals surface area contributed by atoms with Gasteiger partial charge in [0.15, 0.2) is 23.1 Å². The molecule has 0 atom stereocenters. The van der Waals surface area contributed by atoms with E-state index < -0.39 is 11.6 Å². The van der Waals surface area contributed by atoms with Crippen LogP contribution in [0.15, 0.2) is 84.9 Å². The largest absolute Gasteiger partial charge is 0.495 e. The van der Waals surface area contributed by atoms with Gasteiger partial charge in [-0.2, -0.15) is 29.9 Å². The first-order valence-electron chi connectivity index (χ1n) is 23.5. The van der Waals surface area contributed by atoms with Crippen LogP contribution in [0.25, 0.3) is 0 Å². The van der Waals surface area contributed by atoms with Crippen molar-refractivity contribution >= 4 is 70.0 Å². The van der Waals surface area contributed by atoms with Crippen molar-refractivity contribution in [1.29, 1.82) is 0 Å². The zero-order chi connectivity index (χ0) is 50.2. The van der Waals surface area contributed by atoms with Gasteiger partial charge in [0, 0.05) is 23.5 Å². The van der Waals surface area contributed by atoms with Crippen LogP contribution in [-0.4, -0.2) is 87.7 Å². The molecule has 412 valence electrons. The maximum Gasteiger partial charge on any atom is 0.323 e. The van der Waals surface area contributed by atoms with Gasteiger partial charge in [0.1, 0.15) is 31.3 Å². The summed E-state index contributed by atoms with van der Waals surface area (Å²) < 4.78 is 52.9. The number of benzene rings is 4. The molecule has 2 fully saturated rings. The van der Waals surface area contributed by atoms with E-state index >= 15 is 0 Å². The second-order valence-electron chi connectivity index (χ2n) is 16.3. The molecule has 21 heteroatoms. The molecule has 75 heavy (non-hydrogen) atoms. The minimum atomic E-state index is -0.424. The highest BCUT2D eigenvalue weighted by molar-refractivity contribution is 6.32. The van der Waals surface area contributed by atoms with Gasteiger partial charge in [-0.3, -0.25) is 0 Å². The lowest BCUT2D eigenvalue weighted by Gasteiger charge is -2.17. The first-order chi connectivity index (χ1) is 34.6. The lowest BCUT2D eigenvalue weighted by molar-refractivity contribution is 0.196. The highest BCUT2D eigenvalue weighted by atomic mass is 35.5. The van der Waals surface area contributed by atoms with E-state index in [0.29, 0.717) is 63.1 Å². The number of hydrogen-bond donors (Lipinski definition) is 5. The number of rotatable bonds is 18. The van der Waals surface area contributed by atoms with Gasteiger partial charge in [0.25, 0.3) is 0 Å². The fraction of sp³-hybridized carbons (Fsp3) is 0.444. The zero-order valence-corrected chi connectivity index (χ0v) is 41.9. The minimum Gasteiger partial charge on any atom is -0.495 e. The van der Waals surface area contributed by atoms with Gasteiger partial charge in [-0.05, 0) is 97.9 Å². The van der Waals surface area contributed by atoms with E-state index in [0.717, 1.165) is 31.4 Å². The molecular formula is C54H75Cl3F2N10O6. The number of nitrogens with one attached hydrogen (secondary N) is 4. The summed E-state index contributed by atoms with van der Waals surface area (Å²) in [4.78, 5) is 26.1. The Balaban J connectivity index is 0.000000421. The van der Waals surface area contributed by atoms with Gasteiger partial charge in [0.2, 0.25) is 29.1 Å². The van der Waals surface area contributed by atoms with Crippen LogP contribution in [-0.2, 0) is 0 Å². The molecule has 2 aliphatic carbocycles. The molecule has 8 rings (SSSR count). The van der Waals surface area contributed by atoms with E-state index in [9.17, 15) is 8.78 Å². The Labute approximate surface area is 457 Å². The Hall–Kier alpha value is -6.21. The van der Waals surface area contributed by atoms with Crippen molar-refractivity contribution in [2.24, 2.45) is 0 Å². The van der Waals surface area contributed by atoms with Crippen molar-refractivity contribution < 1.29 is 37.6 Å². The van der Waals surface area contributed by atoms with Crippen molar-refractivity contribution in [1.82, 2.24) is 29.9 Å². The van der Waals surface area contributed by atoms with Crippen LogP contribution in [0.3, 0.4) is 0 Å². The number of aliphatic hydroxyl groups is 1. The summed E-state index contributed by atoms with van der Waals surface area (Å²) in [7, 11) is 3.14. The third-order valence-electron chi connectivity index (χ3n) is 11.0. The van der Waals surface area contributed by atoms with Gasteiger partial charge < -0.3 is 50.1 Å². The van der Waals surface area contributed by atoms with Crippen molar-refractivity contribution in [3.8, 4) is 29.0 Å². The van der Waals surface area contributed by atoms with E-state index in [-0.39, 0.29) is 78.9 Å². The standard InChI is InChI=1S/C25H29ClFN5O3.C17H21Cl2N5O.C8H9FO2.4CH4/c1-33-21-13-12-18(16-19(21)26)29-24-30-23(28-17-8-4-2-3-5-9-17)31-25(32-24)35-15-14-34-22-11-7-6-10-20(22)27;1-25-14-9-8-12(10-13(14)18)21-17-23-15(19)22-16(24-17)20-11-6-4-2-3-5-7-11;9-7-3-1-2-4-8(7)11-6-5-10;;;;/h6-7,10-13,16-17H,2-5,8-9,14-15H2,1H3,(H2,28,29,30,31,32);8-11H,2-7H2,1H3,(H2,20,21,22,23,24);1-4,10H,5-6H2;4*1H4. The first-order valence-corrected chi connectivity index (χ1v) is 24.6. The Morgan fingerprint density at radius 3 is 1.33 bits per heavy atom. The second kappa shape index (κ2) is 35.1. The molecule has 0 amide bonds. The van der Waals surface area contributed by atoms with Crippen LogP contribution < -0.4 is 45.0 Å². The molecule has 0 unspecified atom stereocenters. The SMILES string of the molecule is C.C.C.C.COc1ccc(Nc2nc(Cl)nc(NC3CCCCCC3)n2)cc1Cl.COc1ccc(Nc2nc(NC3CCCCCC3)nc(OCCOc3ccccc3F)n2)cc1Cl.OCCOc1ccccc1F. The Morgan fingerprint density at radius 2 is 0.893 bits per heavy atom. The number of aromatic nitrogens is 6. The third-order valence-corrected chi connectivity index (χ3v) is 11.8. The number of anilines is 6. The molecule has 0 bridgehead atoms. The number of halogens is 5. The van der Waals surface area contributed by atoms with Crippen LogP contribution in [0, 0.1) is 11.6 Å². The van der Waals surface area contributed by atoms with Gasteiger partial charge in [-0.1, -0.05) is 129 Å². The lowest BCUT2D eigenvalue weighted by atomic mass is 10.1.